The first-order chi connectivity index (χ1) is 27.0. The van der Waals surface area contributed by atoms with E-state index in [0.717, 1.165) is 11.4 Å². The molecule has 4 aromatic carbocycles. The van der Waals surface area contributed by atoms with E-state index in [4.69, 9.17) is 19.8 Å². The van der Waals surface area contributed by atoms with Crippen molar-refractivity contribution in [3.63, 3.8) is 0 Å². The maximum atomic E-state index is 13.3. The molecule has 18 nitrogen and oxygen atoms in total. The number of benzene rings is 4. The molecule has 0 saturated heterocycles. The number of nitrogen functional groups attached to an aromatic ring is 2. The molecule has 2 heterocycles. The second-order valence-electron chi connectivity index (χ2n) is 11.5. The molecule has 22 heteroatoms. The van der Waals surface area contributed by atoms with Gasteiger partial charge in [-0.1, -0.05) is 84.9 Å². The van der Waals surface area contributed by atoms with Gasteiger partial charge in [0.25, 0.3) is 20.2 Å². The van der Waals surface area contributed by atoms with Crippen molar-refractivity contribution in [2.45, 2.75) is 9.79 Å². The summed E-state index contributed by atoms with van der Waals surface area (Å²) < 4.78 is 63.7. The van der Waals surface area contributed by atoms with E-state index in [2.05, 4.69) is 51.2 Å². The Morgan fingerprint density at radius 3 is 1.24 bits per heavy atom. The van der Waals surface area contributed by atoms with Gasteiger partial charge < -0.3 is 35.6 Å². The average molecular weight is 845 g/mol. The zero-order chi connectivity index (χ0) is 39.4. The molecule has 58 heavy (non-hydrogen) atoms. The molecule has 6 aromatic rings. The molecule has 0 bridgehead atoms. The Labute approximate surface area is 382 Å². The van der Waals surface area contributed by atoms with Gasteiger partial charge in [0.15, 0.2) is 0 Å². The molecule has 6 rings (SSSR count). The van der Waals surface area contributed by atoms with Crippen molar-refractivity contribution >= 4 is 79.5 Å². The molecular weight excluding hydrogens is 807 g/mol. The number of nitrogens with one attached hydrogen (secondary N) is 4. The minimum Gasteiger partial charge on any atom is -1.00 e. The number of aromatic nitrogens is 6. The summed E-state index contributed by atoms with van der Waals surface area (Å²) in [5.41, 5.74) is 13.7. The first-order valence-corrected chi connectivity index (χ1v) is 19.7. The zero-order valence-electron chi connectivity index (χ0n) is 33.5. The van der Waals surface area contributed by atoms with Crippen molar-refractivity contribution in [3.8, 4) is 0 Å². The van der Waals surface area contributed by atoms with Crippen molar-refractivity contribution in [2.75, 3.05) is 59.0 Å². The molecule has 0 unspecified atom stereocenters. The van der Waals surface area contributed by atoms with E-state index in [1.54, 1.807) is 36.4 Å². The van der Waals surface area contributed by atoms with Crippen LogP contribution in [0.2, 0.25) is 0 Å². The van der Waals surface area contributed by atoms with Crippen LogP contribution in [0.25, 0.3) is 12.2 Å². The molecule has 292 valence electrons. The van der Waals surface area contributed by atoms with Gasteiger partial charge in [0.2, 0.25) is 35.7 Å². The molecule has 0 radical (unpaired) electrons. The molecule has 0 aliphatic heterocycles. The van der Waals surface area contributed by atoms with Gasteiger partial charge in [-0.25, -0.2) is 0 Å². The Bertz CT molecular complexity index is 2360. The Hall–Kier alpha value is -4.74. The molecule has 0 fully saturated rings. The third-order valence-electron chi connectivity index (χ3n) is 7.43. The number of nitrogens with two attached hydrogens (primary N) is 2. The number of nitrogens with zero attached hydrogens (tertiary/aromatic N) is 6. The molecule has 0 atom stereocenters. The third kappa shape index (κ3) is 13.4. The van der Waals surface area contributed by atoms with Crippen molar-refractivity contribution in [1.82, 2.24) is 29.9 Å². The summed E-state index contributed by atoms with van der Waals surface area (Å²) >= 11 is 0. The van der Waals surface area contributed by atoms with Crippen LogP contribution in [0, 0.1) is 0 Å². The zero-order valence-corrected chi connectivity index (χ0v) is 37.1. The summed E-state index contributed by atoms with van der Waals surface area (Å²) in [7, 11) is -8.52. The second kappa shape index (κ2) is 21.9. The van der Waals surface area contributed by atoms with Gasteiger partial charge in [-0.15, -0.1) is 0 Å². The van der Waals surface area contributed by atoms with Crippen LogP contribution in [0.5, 0.6) is 0 Å². The fraction of sp³-hybridized carbons (Fsp3) is 0.111. The van der Waals surface area contributed by atoms with Crippen LogP contribution < -0.4 is 91.8 Å². The fourth-order valence-electron chi connectivity index (χ4n) is 4.98. The van der Waals surface area contributed by atoms with E-state index in [1.165, 1.54) is 24.3 Å². The Morgan fingerprint density at radius 1 is 0.500 bits per heavy atom. The van der Waals surface area contributed by atoms with E-state index in [1.807, 2.05) is 60.7 Å². The second-order valence-corrected chi connectivity index (χ2v) is 14.6. The maximum absolute atomic E-state index is 13.3. The summed E-state index contributed by atoms with van der Waals surface area (Å²) in [4.78, 5) is 24.5. The van der Waals surface area contributed by atoms with Gasteiger partial charge in [0, 0.05) is 24.5 Å². The maximum Gasteiger partial charge on any atom is 1.00 e. The van der Waals surface area contributed by atoms with Crippen LogP contribution in [-0.4, -0.2) is 73.0 Å². The molecule has 0 spiro atoms. The number of hydrogen-bond acceptors (Lipinski definition) is 18. The predicted octanol–water partition coefficient (Wildman–Crippen LogP) is -1.25. The molecule has 8 N–H and O–H groups in total. The standard InChI is InChI=1S/C36H36N12O6S2.2Na.2H/c37-31-43-33(47-35(45-31)41-27-13-3-1-4-14-27)39-21-23-53-55(49,50)29-17-9-7-11-25(29)19-20-26-12-8-10-18-30(26)56(51,52)54-24-22-40-34-44-32(38)46-36(48-34)42-28-15-5-2-6-16-28;;;;/h1-20H,21-24H2,(H4,37,39,41,43,45,47)(H4,38,40,42,44,46,48);;;;/q;2*+1;2*-1. The molecule has 0 amide bonds. The van der Waals surface area contributed by atoms with Crippen LogP contribution in [-0.2, 0) is 28.6 Å². The minimum atomic E-state index is -4.26. The minimum absolute atomic E-state index is 0. The number of hydrogen-bond donors (Lipinski definition) is 6. The fourth-order valence-corrected chi connectivity index (χ4v) is 7.18. The van der Waals surface area contributed by atoms with Crippen molar-refractivity contribution < 1.29 is 87.2 Å². The van der Waals surface area contributed by atoms with E-state index >= 15 is 0 Å². The number of rotatable bonds is 18. The van der Waals surface area contributed by atoms with E-state index in [9.17, 15) is 16.8 Å². The van der Waals surface area contributed by atoms with Crippen LogP contribution >= 0.6 is 0 Å². The molecule has 0 aliphatic rings. The van der Waals surface area contributed by atoms with Crippen molar-refractivity contribution in [1.29, 1.82) is 0 Å². The summed E-state index contributed by atoms with van der Waals surface area (Å²) in [5, 5.41) is 11.8. The molecular formula is C36H38N12Na2O6S2. The van der Waals surface area contributed by atoms with Gasteiger partial charge in [-0.3, -0.25) is 8.37 Å². The van der Waals surface area contributed by atoms with Crippen LogP contribution in [0.1, 0.15) is 14.0 Å². The quantitative estimate of drug-likeness (QED) is 0.0255. The van der Waals surface area contributed by atoms with Crippen LogP contribution in [0.15, 0.2) is 119 Å². The smallest absolute Gasteiger partial charge is 1.00 e. The normalized spacial score (nSPS) is 11.2. The van der Waals surface area contributed by atoms with E-state index in [0.29, 0.717) is 0 Å². The third-order valence-corrected chi connectivity index (χ3v) is 10.2. The number of anilines is 8. The molecule has 0 aliphatic carbocycles. The SMILES string of the molecule is Nc1nc(NCCOS(=O)(=O)c2ccccc2C=Cc2ccccc2S(=O)(=O)OCCNc2nc(N)nc(Nc3ccccc3)n2)nc(Nc2ccccc2)n1.[H-].[H-].[Na+].[Na+]. The predicted molar refractivity (Wildman–Crippen MR) is 215 cm³/mol. The van der Waals surface area contributed by atoms with Gasteiger partial charge >= 0.3 is 59.1 Å². The van der Waals surface area contributed by atoms with Gasteiger partial charge in [0.05, 0.1) is 13.2 Å². The average Bonchev–Trinajstić information content (AvgIpc) is 3.18. The summed E-state index contributed by atoms with van der Waals surface area (Å²) in [5.74, 6) is 0.558. The van der Waals surface area contributed by atoms with Gasteiger partial charge in [0.1, 0.15) is 9.79 Å². The Balaban J connectivity index is 0.00000310. The van der Waals surface area contributed by atoms with E-state index < -0.39 is 20.2 Å². The van der Waals surface area contributed by atoms with Gasteiger partial charge in [-0.2, -0.15) is 46.7 Å². The van der Waals surface area contributed by atoms with E-state index in [-0.39, 0.29) is 145 Å². The Kier molecular flexibility index (Phi) is 17.3. The Morgan fingerprint density at radius 2 is 0.845 bits per heavy atom. The van der Waals surface area contributed by atoms with Crippen molar-refractivity contribution in [2.24, 2.45) is 0 Å². The summed E-state index contributed by atoms with van der Waals surface area (Å²) in [6, 6.07) is 30.7. The van der Waals surface area contributed by atoms with Crippen LogP contribution in [0.3, 0.4) is 0 Å². The molecule has 2 aromatic heterocycles. The topological polar surface area (TPSA) is 264 Å². The van der Waals surface area contributed by atoms with Crippen LogP contribution in [0.4, 0.5) is 47.1 Å². The summed E-state index contributed by atoms with van der Waals surface area (Å²) in [6.45, 7) is -0.509. The monoisotopic (exact) mass is 844 g/mol. The first-order valence-electron chi connectivity index (χ1n) is 16.8. The first kappa shape index (κ1) is 46.0. The van der Waals surface area contributed by atoms with Crippen molar-refractivity contribution in [3.05, 3.63) is 120 Å². The largest absolute Gasteiger partial charge is 1.00 e. The van der Waals surface area contributed by atoms with Gasteiger partial charge in [-0.05, 0) is 47.5 Å². The summed E-state index contributed by atoms with van der Waals surface area (Å²) in [6.07, 6.45) is 2.96. The number of para-hydroxylation sites is 2. The molecule has 0 saturated carbocycles.